The van der Waals surface area contributed by atoms with Crippen LogP contribution in [0.4, 0.5) is 20.2 Å². The standard InChI is InChI=1S/C20H22F2N2O2/c1-12(2)15-8-5-7-13(3)20(15)24(14(4)25)11-18(26)23-19-16(21)9-6-10-17(19)22/h5-10,12H,11H2,1-4H3,(H,23,26). The Morgan fingerprint density at radius 1 is 1.08 bits per heavy atom. The Morgan fingerprint density at radius 2 is 1.65 bits per heavy atom. The number of carbonyl (C=O) groups is 2. The predicted octanol–water partition coefficient (Wildman–Crippen LogP) is 4.39. The molecule has 0 radical (unpaired) electrons. The number of amides is 2. The first-order chi connectivity index (χ1) is 12.2. The summed E-state index contributed by atoms with van der Waals surface area (Å²) in [5, 5.41) is 2.22. The van der Waals surface area contributed by atoms with Gasteiger partial charge in [0.2, 0.25) is 11.8 Å². The van der Waals surface area contributed by atoms with E-state index in [4.69, 9.17) is 0 Å². The van der Waals surface area contributed by atoms with Gasteiger partial charge in [-0.15, -0.1) is 0 Å². The summed E-state index contributed by atoms with van der Waals surface area (Å²) in [6.45, 7) is 6.85. The maximum atomic E-state index is 13.7. The number of hydrogen-bond acceptors (Lipinski definition) is 2. The molecule has 0 aliphatic heterocycles. The molecule has 0 aliphatic rings. The highest BCUT2D eigenvalue weighted by molar-refractivity contribution is 6.02. The number of benzene rings is 2. The van der Waals surface area contributed by atoms with Crippen LogP contribution < -0.4 is 10.2 Å². The van der Waals surface area contributed by atoms with E-state index >= 15 is 0 Å². The van der Waals surface area contributed by atoms with Gasteiger partial charge in [-0.1, -0.05) is 38.1 Å². The molecule has 26 heavy (non-hydrogen) atoms. The van der Waals surface area contributed by atoms with E-state index in [0.29, 0.717) is 5.69 Å². The van der Waals surface area contributed by atoms with Gasteiger partial charge < -0.3 is 10.2 Å². The molecular weight excluding hydrogens is 338 g/mol. The fraction of sp³-hybridized carbons (Fsp3) is 0.300. The number of halogens is 2. The minimum Gasteiger partial charge on any atom is -0.320 e. The van der Waals surface area contributed by atoms with Crippen molar-refractivity contribution in [3.63, 3.8) is 0 Å². The largest absolute Gasteiger partial charge is 0.320 e. The molecule has 0 atom stereocenters. The molecule has 2 rings (SSSR count). The minimum atomic E-state index is -0.869. The van der Waals surface area contributed by atoms with Crippen molar-refractivity contribution in [2.45, 2.75) is 33.6 Å². The zero-order valence-corrected chi connectivity index (χ0v) is 15.3. The lowest BCUT2D eigenvalue weighted by Gasteiger charge is -2.27. The summed E-state index contributed by atoms with van der Waals surface area (Å²) in [7, 11) is 0. The van der Waals surface area contributed by atoms with Crippen LogP contribution in [0, 0.1) is 18.6 Å². The van der Waals surface area contributed by atoms with Crippen LogP contribution in [-0.4, -0.2) is 18.4 Å². The van der Waals surface area contributed by atoms with E-state index in [1.807, 2.05) is 39.0 Å². The summed E-state index contributed by atoms with van der Waals surface area (Å²) in [6.07, 6.45) is 0. The van der Waals surface area contributed by atoms with Crippen LogP contribution in [0.5, 0.6) is 0 Å². The van der Waals surface area contributed by atoms with Gasteiger partial charge >= 0.3 is 0 Å². The zero-order valence-electron chi connectivity index (χ0n) is 15.3. The van der Waals surface area contributed by atoms with Gasteiger partial charge in [-0.05, 0) is 36.1 Å². The van der Waals surface area contributed by atoms with E-state index in [-0.39, 0.29) is 18.4 Å². The molecule has 0 saturated carbocycles. The summed E-state index contributed by atoms with van der Waals surface area (Å²) < 4.78 is 27.5. The molecule has 0 aromatic heterocycles. The average Bonchev–Trinajstić information content (AvgIpc) is 2.56. The number of aryl methyl sites for hydroxylation is 1. The molecule has 0 bridgehead atoms. The first-order valence-electron chi connectivity index (χ1n) is 8.33. The van der Waals surface area contributed by atoms with Crippen molar-refractivity contribution in [3.8, 4) is 0 Å². The number of anilines is 2. The number of para-hydroxylation sites is 2. The van der Waals surface area contributed by atoms with Crippen LogP contribution in [0.1, 0.15) is 37.8 Å². The average molecular weight is 360 g/mol. The molecule has 0 saturated heterocycles. The van der Waals surface area contributed by atoms with Gasteiger partial charge in [0.1, 0.15) is 23.9 Å². The monoisotopic (exact) mass is 360 g/mol. The highest BCUT2D eigenvalue weighted by Crippen LogP contribution is 2.31. The molecule has 2 amide bonds. The van der Waals surface area contributed by atoms with Gasteiger partial charge in [0.25, 0.3) is 0 Å². The van der Waals surface area contributed by atoms with Crippen molar-refractivity contribution in [1.82, 2.24) is 0 Å². The molecule has 0 aliphatic carbocycles. The fourth-order valence-electron chi connectivity index (χ4n) is 2.80. The third-order valence-electron chi connectivity index (χ3n) is 4.07. The van der Waals surface area contributed by atoms with Crippen LogP contribution in [0.25, 0.3) is 0 Å². The molecule has 2 aromatic rings. The Kier molecular flexibility index (Phi) is 6.08. The second-order valence-electron chi connectivity index (χ2n) is 6.42. The molecule has 0 heterocycles. The van der Waals surface area contributed by atoms with Crippen molar-refractivity contribution >= 4 is 23.2 Å². The van der Waals surface area contributed by atoms with Crippen LogP contribution in [-0.2, 0) is 9.59 Å². The van der Waals surface area contributed by atoms with Crippen LogP contribution in [0.2, 0.25) is 0 Å². The van der Waals surface area contributed by atoms with Crippen molar-refractivity contribution in [3.05, 3.63) is 59.2 Å². The molecule has 1 N–H and O–H groups in total. The molecular formula is C20H22F2N2O2. The normalized spacial score (nSPS) is 10.7. The highest BCUT2D eigenvalue weighted by atomic mass is 19.1. The van der Waals surface area contributed by atoms with E-state index in [1.165, 1.54) is 17.9 Å². The summed E-state index contributed by atoms with van der Waals surface area (Å²) in [5.41, 5.74) is 1.90. The van der Waals surface area contributed by atoms with Crippen molar-refractivity contribution < 1.29 is 18.4 Å². The second-order valence-corrected chi connectivity index (χ2v) is 6.42. The van der Waals surface area contributed by atoms with E-state index < -0.39 is 23.2 Å². The van der Waals surface area contributed by atoms with Crippen molar-refractivity contribution in [2.24, 2.45) is 0 Å². The van der Waals surface area contributed by atoms with Gasteiger partial charge in [-0.2, -0.15) is 0 Å². The second kappa shape index (κ2) is 8.08. The molecule has 0 spiro atoms. The molecule has 6 heteroatoms. The van der Waals surface area contributed by atoms with E-state index in [9.17, 15) is 18.4 Å². The summed E-state index contributed by atoms with van der Waals surface area (Å²) in [4.78, 5) is 25.9. The number of hydrogen-bond donors (Lipinski definition) is 1. The lowest BCUT2D eigenvalue weighted by atomic mass is 9.97. The number of nitrogens with one attached hydrogen (secondary N) is 1. The maximum Gasteiger partial charge on any atom is 0.244 e. The smallest absolute Gasteiger partial charge is 0.244 e. The Hall–Kier alpha value is -2.76. The Morgan fingerprint density at radius 3 is 2.19 bits per heavy atom. The Labute approximate surface area is 151 Å². The summed E-state index contributed by atoms with van der Waals surface area (Å²) in [6, 6.07) is 8.97. The van der Waals surface area contributed by atoms with E-state index in [1.54, 1.807) is 0 Å². The molecule has 0 unspecified atom stereocenters. The van der Waals surface area contributed by atoms with E-state index in [0.717, 1.165) is 23.3 Å². The lowest BCUT2D eigenvalue weighted by molar-refractivity contribution is -0.120. The Balaban J connectivity index is 2.33. The van der Waals surface area contributed by atoms with Gasteiger partial charge in [0.15, 0.2) is 0 Å². The number of nitrogens with zero attached hydrogens (tertiary/aromatic N) is 1. The van der Waals surface area contributed by atoms with Gasteiger partial charge in [-0.25, -0.2) is 8.78 Å². The maximum absolute atomic E-state index is 13.7. The predicted molar refractivity (Wildman–Crippen MR) is 98.3 cm³/mol. The minimum absolute atomic E-state index is 0.138. The first-order valence-corrected chi connectivity index (χ1v) is 8.33. The molecule has 138 valence electrons. The fourth-order valence-corrected chi connectivity index (χ4v) is 2.80. The first kappa shape index (κ1) is 19.6. The number of rotatable bonds is 5. The summed E-state index contributed by atoms with van der Waals surface area (Å²) >= 11 is 0. The summed E-state index contributed by atoms with van der Waals surface area (Å²) in [5.74, 6) is -2.61. The van der Waals surface area contributed by atoms with Gasteiger partial charge in [0, 0.05) is 6.92 Å². The highest BCUT2D eigenvalue weighted by Gasteiger charge is 2.22. The topological polar surface area (TPSA) is 49.4 Å². The van der Waals surface area contributed by atoms with E-state index in [2.05, 4.69) is 5.32 Å². The SMILES string of the molecule is CC(=O)N(CC(=O)Nc1c(F)cccc1F)c1c(C)cccc1C(C)C. The zero-order chi connectivity index (χ0) is 19.4. The molecule has 4 nitrogen and oxygen atoms in total. The molecule has 0 fully saturated rings. The van der Waals surface area contributed by atoms with Crippen molar-refractivity contribution in [1.29, 1.82) is 0 Å². The Bertz CT molecular complexity index is 814. The van der Waals surface area contributed by atoms with Crippen LogP contribution in [0.15, 0.2) is 36.4 Å². The van der Waals surface area contributed by atoms with Crippen LogP contribution in [0.3, 0.4) is 0 Å². The molecule has 2 aromatic carbocycles. The lowest BCUT2D eigenvalue weighted by Crippen LogP contribution is -2.38. The van der Waals surface area contributed by atoms with Gasteiger partial charge in [-0.3, -0.25) is 9.59 Å². The third-order valence-corrected chi connectivity index (χ3v) is 4.07. The third kappa shape index (κ3) is 4.25. The number of carbonyl (C=O) groups excluding carboxylic acids is 2. The van der Waals surface area contributed by atoms with Crippen LogP contribution >= 0.6 is 0 Å². The quantitative estimate of drug-likeness (QED) is 0.860. The van der Waals surface area contributed by atoms with Gasteiger partial charge in [0.05, 0.1) is 5.69 Å². The van der Waals surface area contributed by atoms with Crippen molar-refractivity contribution in [2.75, 3.05) is 16.8 Å².